The Morgan fingerprint density at radius 2 is 1.54 bits per heavy atom. The van der Waals surface area contributed by atoms with Gasteiger partial charge in [0, 0.05) is 29.9 Å². The maximum Gasteiger partial charge on any atom is 0.418 e. The van der Waals surface area contributed by atoms with Crippen LogP contribution in [0.3, 0.4) is 0 Å². The van der Waals surface area contributed by atoms with E-state index in [1.165, 1.54) is 12.1 Å². The summed E-state index contributed by atoms with van der Waals surface area (Å²) in [6.45, 7) is 0. The summed E-state index contributed by atoms with van der Waals surface area (Å²) < 4.78 is 51.2. The molecule has 0 bridgehead atoms. The van der Waals surface area contributed by atoms with Crippen LogP contribution in [0, 0.1) is 5.41 Å². The fraction of sp³-hybridized carbons (Fsp3) is 0.345. The summed E-state index contributed by atoms with van der Waals surface area (Å²) in [6, 6.07) is 19.7. The van der Waals surface area contributed by atoms with Gasteiger partial charge in [-0.2, -0.15) is 13.2 Å². The number of halogens is 3. The molecule has 0 unspecified atom stereocenters. The lowest BCUT2D eigenvalue weighted by molar-refractivity contribution is -0.137. The van der Waals surface area contributed by atoms with Crippen LogP contribution in [0.5, 0.6) is 5.75 Å². The van der Waals surface area contributed by atoms with Gasteiger partial charge < -0.3 is 20.1 Å². The number of nitrogen functional groups attached to an aromatic ring is 1. The van der Waals surface area contributed by atoms with Gasteiger partial charge in [0.05, 0.1) is 11.7 Å². The van der Waals surface area contributed by atoms with Crippen molar-refractivity contribution in [1.82, 2.24) is 4.90 Å². The Bertz CT molecular complexity index is 1310. The topological polar surface area (TPSA) is 64.8 Å². The third kappa shape index (κ3) is 4.08. The van der Waals surface area contributed by atoms with Crippen molar-refractivity contribution in [3.8, 4) is 16.9 Å². The number of carbonyl (C=O) groups is 1. The third-order valence-corrected chi connectivity index (χ3v) is 8.12. The fourth-order valence-electron chi connectivity index (χ4n) is 6.15. The molecular weight excluding hydrogens is 481 g/mol. The molecule has 0 heterocycles. The number of fused-ring (bicyclic) bond motifs is 3. The highest BCUT2D eigenvalue weighted by Gasteiger charge is 2.55. The lowest BCUT2D eigenvalue weighted by atomic mass is 9.52. The Balaban J connectivity index is 1.04. The smallest absolute Gasteiger partial charge is 0.418 e. The lowest BCUT2D eigenvalue weighted by Crippen LogP contribution is -2.59. The molecule has 2 fully saturated rings. The van der Waals surface area contributed by atoms with Gasteiger partial charge in [-0.15, -0.1) is 0 Å². The van der Waals surface area contributed by atoms with E-state index in [1.807, 2.05) is 48.5 Å². The van der Waals surface area contributed by atoms with Crippen LogP contribution in [0.2, 0.25) is 0 Å². The number of benzene rings is 3. The van der Waals surface area contributed by atoms with E-state index < -0.39 is 17.8 Å². The summed E-state index contributed by atoms with van der Waals surface area (Å²) in [6.07, 6.45) is -2.30. The number of nitrogens with two attached hydrogens (primary N) is 1. The maximum absolute atomic E-state index is 13.1. The summed E-state index contributed by atoms with van der Waals surface area (Å²) >= 11 is 0. The van der Waals surface area contributed by atoms with Crippen LogP contribution in [0.4, 0.5) is 23.7 Å². The molecule has 3 aliphatic rings. The van der Waals surface area contributed by atoms with Crippen molar-refractivity contribution in [2.75, 3.05) is 12.8 Å². The second kappa shape index (κ2) is 8.43. The van der Waals surface area contributed by atoms with Crippen molar-refractivity contribution in [1.29, 1.82) is 0 Å². The van der Waals surface area contributed by atoms with Crippen LogP contribution < -0.4 is 10.5 Å². The number of hydrogen-bond donors (Lipinski definition) is 1. The highest BCUT2D eigenvalue weighted by atomic mass is 19.4. The summed E-state index contributed by atoms with van der Waals surface area (Å²) in [4.78, 5) is 14.8. The minimum atomic E-state index is -4.52. The molecule has 0 radical (unpaired) electrons. The average molecular weight is 509 g/mol. The van der Waals surface area contributed by atoms with Gasteiger partial charge in [0.1, 0.15) is 5.75 Å². The second-order valence-corrected chi connectivity index (χ2v) is 10.5. The van der Waals surface area contributed by atoms with Gasteiger partial charge in [-0.1, -0.05) is 48.5 Å². The van der Waals surface area contributed by atoms with Crippen molar-refractivity contribution < 1.29 is 27.4 Å². The minimum absolute atomic E-state index is 0.0636. The number of carbonyl (C=O) groups excluding carboxylic acids is 1. The Kier molecular flexibility index (Phi) is 5.40. The van der Waals surface area contributed by atoms with Gasteiger partial charge in [-0.3, -0.25) is 0 Å². The van der Waals surface area contributed by atoms with Crippen molar-refractivity contribution in [3.05, 3.63) is 83.4 Å². The van der Waals surface area contributed by atoms with E-state index >= 15 is 0 Å². The molecule has 37 heavy (non-hydrogen) atoms. The zero-order valence-corrected chi connectivity index (χ0v) is 20.3. The zero-order valence-electron chi connectivity index (χ0n) is 20.3. The minimum Gasteiger partial charge on any atom is -0.490 e. The molecule has 0 atom stereocenters. The number of amides is 1. The summed E-state index contributed by atoms with van der Waals surface area (Å²) in [7, 11) is 1.77. The van der Waals surface area contributed by atoms with Crippen LogP contribution in [0.1, 0.15) is 48.5 Å². The molecule has 0 saturated heterocycles. The molecule has 6 rings (SSSR count). The Morgan fingerprint density at radius 3 is 2.14 bits per heavy atom. The highest BCUT2D eigenvalue weighted by Crippen LogP contribution is 2.58. The largest absolute Gasteiger partial charge is 0.490 e. The van der Waals surface area contributed by atoms with Crippen LogP contribution >= 0.6 is 0 Å². The first-order valence-electron chi connectivity index (χ1n) is 12.4. The summed E-state index contributed by atoms with van der Waals surface area (Å²) in [5.41, 5.74) is 8.51. The summed E-state index contributed by atoms with van der Waals surface area (Å²) in [5, 5.41) is 0. The monoisotopic (exact) mass is 508 g/mol. The Hall–Kier alpha value is -3.68. The normalized spacial score (nSPS) is 24.0. The first-order chi connectivity index (χ1) is 17.6. The SMILES string of the molecule is CN(C(=O)OC1c2ccccc2-c2ccccc21)C1CC2(CC(Oc3ccc(N)c(C(F)(F)F)c3)C2)C1. The van der Waals surface area contributed by atoms with Crippen LogP contribution in [0.15, 0.2) is 66.7 Å². The summed E-state index contributed by atoms with van der Waals surface area (Å²) in [5.74, 6) is 0.176. The first kappa shape index (κ1) is 23.7. The van der Waals surface area contributed by atoms with E-state index in [-0.39, 0.29) is 35.1 Å². The van der Waals surface area contributed by atoms with Gasteiger partial charge in [0.2, 0.25) is 0 Å². The molecule has 0 aromatic heterocycles. The fourth-order valence-corrected chi connectivity index (χ4v) is 6.15. The molecule has 1 amide bonds. The van der Waals surface area contributed by atoms with Gasteiger partial charge in [0.25, 0.3) is 0 Å². The molecule has 2 N–H and O–H groups in total. The van der Waals surface area contributed by atoms with Crippen molar-refractivity contribution in [2.45, 2.75) is 50.1 Å². The van der Waals surface area contributed by atoms with Crippen LogP contribution in [-0.4, -0.2) is 30.2 Å². The highest BCUT2D eigenvalue weighted by molar-refractivity contribution is 5.79. The number of hydrogen-bond acceptors (Lipinski definition) is 4. The van der Waals surface area contributed by atoms with Gasteiger partial charge in [-0.05, 0) is 60.4 Å². The number of anilines is 1. The number of nitrogens with zero attached hydrogens (tertiary/aromatic N) is 1. The number of ether oxygens (including phenoxy) is 2. The van der Waals surface area contributed by atoms with Gasteiger partial charge in [-0.25, -0.2) is 4.79 Å². The van der Waals surface area contributed by atoms with E-state index in [9.17, 15) is 18.0 Å². The Labute approximate surface area is 213 Å². The molecular formula is C29H27F3N2O3. The van der Waals surface area contributed by atoms with E-state index in [0.29, 0.717) is 0 Å². The molecule has 1 spiro atoms. The quantitative estimate of drug-likeness (QED) is 0.393. The molecule has 5 nitrogen and oxygen atoms in total. The van der Waals surface area contributed by atoms with Crippen LogP contribution in [0.25, 0.3) is 11.1 Å². The molecule has 192 valence electrons. The third-order valence-electron chi connectivity index (χ3n) is 8.12. The van der Waals surface area contributed by atoms with Gasteiger partial charge in [0.15, 0.2) is 6.10 Å². The predicted molar refractivity (Wildman–Crippen MR) is 133 cm³/mol. The number of rotatable bonds is 4. The molecule has 2 saturated carbocycles. The van der Waals surface area contributed by atoms with E-state index in [2.05, 4.69) is 0 Å². The first-order valence-corrected chi connectivity index (χ1v) is 12.4. The molecule has 8 heteroatoms. The standard InChI is InChI=1S/C29H27F3N2O3/c1-34(27(35)37-26-22-8-4-2-6-20(22)21-7-3-5-9-23(21)26)17-13-28(14-17)15-19(16-28)36-18-10-11-25(33)24(12-18)29(30,31)32/h2-12,17,19,26H,13-16,33H2,1H3. The van der Waals surface area contributed by atoms with E-state index in [0.717, 1.165) is 54.0 Å². The van der Waals surface area contributed by atoms with Crippen molar-refractivity contribution >= 4 is 11.8 Å². The van der Waals surface area contributed by atoms with Gasteiger partial charge >= 0.3 is 12.3 Å². The molecule has 3 aromatic rings. The molecule has 0 aliphatic heterocycles. The maximum atomic E-state index is 13.1. The van der Waals surface area contributed by atoms with E-state index in [1.54, 1.807) is 11.9 Å². The van der Waals surface area contributed by atoms with Crippen molar-refractivity contribution in [2.24, 2.45) is 5.41 Å². The zero-order chi connectivity index (χ0) is 25.9. The molecule has 3 aliphatic carbocycles. The number of alkyl halides is 3. The van der Waals surface area contributed by atoms with E-state index in [4.69, 9.17) is 15.2 Å². The predicted octanol–water partition coefficient (Wildman–Crippen LogP) is 6.82. The van der Waals surface area contributed by atoms with Crippen molar-refractivity contribution in [3.63, 3.8) is 0 Å². The second-order valence-electron chi connectivity index (χ2n) is 10.5. The Morgan fingerprint density at radius 1 is 0.946 bits per heavy atom. The molecule has 3 aromatic carbocycles. The van der Waals surface area contributed by atoms with Crippen LogP contribution in [-0.2, 0) is 10.9 Å². The lowest BCUT2D eigenvalue weighted by Gasteiger charge is -2.58. The average Bonchev–Trinajstić information content (AvgIpc) is 3.13.